The second-order valence-electron chi connectivity index (χ2n) is 2.85. The van der Waals surface area contributed by atoms with Gasteiger partial charge in [0.15, 0.2) is 0 Å². The largest absolute Gasteiger partial charge is 0.337 e. The third kappa shape index (κ3) is 3.91. The number of carbonyl (C=O) groups excluding carboxylic acids is 1. The van der Waals surface area contributed by atoms with Crippen LogP contribution in [0, 0.1) is 0 Å². The Morgan fingerprint density at radius 3 is 2.57 bits per heavy atom. The Morgan fingerprint density at radius 2 is 1.93 bits per heavy atom. The van der Waals surface area contributed by atoms with Gasteiger partial charge in [-0.05, 0) is 19.2 Å². The van der Waals surface area contributed by atoms with Crippen LogP contribution in [0.5, 0.6) is 0 Å². The van der Waals surface area contributed by atoms with Gasteiger partial charge in [-0.3, -0.25) is 0 Å². The summed E-state index contributed by atoms with van der Waals surface area (Å²) in [4.78, 5) is 11.2. The molecule has 0 saturated carbocycles. The van der Waals surface area contributed by atoms with Gasteiger partial charge in [-0.25, -0.2) is 4.79 Å². The van der Waals surface area contributed by atoms with E-state index in [2.05, 4.69) is 16.0 Å². The van der Waals surface area contributed by atoms with E-state index in [1.54, 1.807) is 0 Å². The summed E-state index contributed by atoms with van der Waals surface area (Å²) in [6, 6.07) is 9.18. The van der Waals surface area contributed by atoms with Gasteiger partial charge in [0, 0.05) is 18.8 Å². The Kier molecular flexibility index (Phi) is 4.50. The average Bonchev–Trinajstić information content (AvgIpc) is 2.20. The number of hydrogen-bond acceptors (Lipinski definition) is 2. The zero-order chi connectivity index (χ0) is 10.2. The van der Waals surface area contributed by atoms with Crippen LogP contribution in [0.4, 0.5) is 10.5 Å². The smallest absolute Gasteiger partial charge is 0.319 e. The summed E-state index contributed by atoms with van der Waals surface area (Å²) in [6.07, 6.45) is 0. The van der Waals surface area contributed by atoms with Crippen LogP contribution < -0.4 is 16.0 Å². The molecule has 4 nitrogen and oxygen atoms in total. The lowest BCUT2D eigenvalue weighted by molar-refractivity contribution is 0.252. The fourth-order valence-electron chi connectivity index (χ4n) is 0.998. The Hall–Kier alpha value is -1.55. The molecule has 1 aromatic carbocycles. The van der Waals surface area contributed by atoms with E-state index >= 15 is 0 Å². The monoisotopic (exact) mass is 193 g/mol. The van der Waals surface area contributed by atoms with Crippen molar-refractivity contribution in [3.05, 3.63) is 30.3 Å². The van der Waals surface area contributed by atoms with Crippen LogP contribution >= 0.6 is 0 Å². The Balaban J connectivity index is 2.27. The van der Waals surface area contributed by atoms with Crippen molar-refractivity contribution in [2.45, 2.75) is 0 Å². The maximum Gasteiger partial charge on any atom is 0.319 e. The first-order chi connectivity index (χ1) is 6.83. The van der Waals surface area contributed by atoms with Crippen molar-refractivity contribution in [2.75, 3.05) is 25.5 Å². The molecule has 0 atom stereocenters. The van der Waals surface area contributed by atoms with E-state index in [9.17, 15) is 4.79 Å². The minimum Gasteiger partial charge on any atom is -0.337 e. The van der Waals surface area contributed by atoms with Crippen molar-refractivity contribution in [1.29, 1.82) is 0 Å². The lowest BCUT2D eigenvalue weighted by Gasteiger charge is -2.06. The van der Waals surface area contributed by atoms with E-state index < -0.39 is 0 Å². The van der Waals surface area contributed by atoms with Gasteiger partial charge >= 0.3 is 6.03 Å². The zero-order valence-corrected chi connectivity index (χ0v) is 8.21. The maximum atomic E-state index is 11.2. The van der Waals surface area contributed by atoms with Gasteiger partial charge in [-0.1, -0.05) is 18.2 Å². The molecule has 4 heteroatoms. The molecule has 14 heavy (non-hydrogen) atoms. The van der Waals surface area contributed by atoms with Crippen molar-refractivity contribution in [2.24, 2.45) is 0 Å². The number of urea groups is 1. The predicted octanol–water partition coefficient (Wildman–Crippen LogP) is 1.03. The molecule has 0 heterocycles. The standard InChI is InChI=1S/C10H15N3O/c1-11-7-8-12-10(14)13-9-5-3-2-4-6-9/h2-6,11H,7-8H2,1H3,(H2,12,13,14). The van der Waals surface area contributed by atoms with Crippen LogP contribution in [0.1, 0.15) is 0 Å². The van der Waals surface area contributed by atoms with Gasteiger partial charge in [0.05, 0.1) is 0 Å². The van der Waals surface area contributed by atoms with Crippen LogP contribution in [0.15, 0.2) is 30.3 Å². The van der Waals surface area contributed by atoms with Gasteiger partial charge in [0.2, 0.25) is 0 Å². The number of benzene rings is 1. The number of carbonyl (C=O) groups is 1. The van der Waals surface area contributed by atoms with E-state index in [0.717, 1.165) is 12.2 Å². The highest BCUT2D eigenvalue weighted by atomic mass is 16.2. The van der Waals surface area contributed by atoms with Crippen LogP contribution in [-0.2, 0) is 0 Å². The van der Waals surface area contributed by atoms with Gasteiger partial charge in [0.1, 0.15) is 0 Å². The molecule has 0 aliphatic carbocycles. The first kappa shape index (κ1) is 10.5. The summed E-state index contributed by atoms with van der Waals surface area (Å²) in [6.45, 7) is 1.39. The normalized spacial score (nSPS) is 9.50. The first-order valence-corrected chi connectivity index (χ1v) is 4.57. The SMILES string of the molecule is CNCCNC(=O)Nc1ccccc1. The van der Waals surface area contributed by atoms with Crippen LogP contribution in [0.3, 0.4) is 0 Å². The van der Waals surface area contributed by atoms with Gasteiger partial charge in [0.25, 0.3) is 0 Å². The van der Waals surface area contributed by atoms with Crippen molar-refractivity contribution >= 4 is 11.7 Å². The van der Waals surface area contributed by atoms with Crippen molar-refractivity contribution in [1.82, 2.24) is 10.6 Å². The second-order valence-corrected chi connectivity index (χ2v) is 2.85. The molecular formula is C10H15N3O. The lowest BCUT2D eigenvalue weighted by Crippen LogP contribution is -2.33. The quantitative estimate of drug-likeness (QED) is 0.625. The Labute approximate surface area is 83.7 Å². The molecule has 0 aliphatic rings. The molecule has 0 aromatic heterocycles. The maximum absolute atomic E-state index is 11.2. The number of anilines is 1. The van der Waals surface area contributed by atoms with Crippen LogP contribution in [0.25, 0.3) is 0 Å². The van der Waals surface area contributed by atoms with Crippen molar-refractivity contribution in [3.8, 4) is 0 Å². The molecular weight excluding hydrogens is 178 g/mol. The molecule has 0 fully saturated rings. The predicted molar refractivity (Wildman–Crippen MR) is 57.4 cm³/mol. The summed E-state index contributed by atoms with van der Waals surface area (Å²) < 4.78 is 0. The van der Waals surface area contributed by atoms with E-state index in [-0.39, 0.29) is 6.03 Å². The van der Waals surface area contributed by atoms with Crippen molar-refractivity contribution < 1.29 is 4.79 Å². The number of hydrogen-bond donors (Lipinski definition) is 3. The summed E-state index contributed by atoms with van der Waals surface area (Å²) >= 11 is 0. The fraction of sp³-hybridized carbons (Fsp3) is 0.300. The third-order valence-electron chi connectivity index (χ3n) is 1.69. The summed E-state index contributed by atoms with van der Waals surface area (Å²) in [5.74, 6) is 0. The number of likely N-dealkylation sites (N-methyl/N-ethyl adjacent to an activating group) is 1. The molecule has 2 amide bonds. The molecule has 0 spiro atoms. The molecule has 1 aromatic rings. The Morgan fingerprint density at radius 1 is 1.21 bits per heavy atom. The highest BCUT2D eigenvalue weighted by Crippen LogP contribution is 2.03. The van der Waals surface area contributed by atoms with Crippen LogP contribution in [-0.4, -0.2) is 26.2 Å². The highest BCUT2D eigenvalue weighted by molar-refractivity contribution is 5.89. The van der Waals surface area contributed by atoms with E-state index in [0.29, 0.717) is 6.54 Å². The number of amides is 2. The zero-order valence-electron chi connectivity index (χ0n) is 8.21. The lowest BCUT2D eigenvalue weighted by atomic mass is 10.3. The van der Waals surface area contributed by atoms with Gasteiger partial charge < -0.3 is 16.0 Å². The topological polar surface area (TPSA) is 53.2 Å². The van der Waals surface area contributed by atoms with Crippen molar-refractivity contribution in [3.63, 3.8) is 0 Å². The van der Waals surface area contributed by atoms with E-state index in [4.69, 9.17) is 0 Å². The van der Waals surface area contributed by atoms with Crippen LogP contribution in [0.2, 0.25) is 0 Å². The fourth-order valence-corrected chi connectivity index (χ4v) is 0.998. The summed E-state index contributed by atoms with van der Waals surface area (Å²) in [5, 5.41) is 8.39. The molecule has 0 bridgehead atoms. The Bertz CT molecular complexity index is 274. The third-order valence-corrected chi connectivity index (χ3v) is 1.69. The highest BCUT2D eigenvalue weighted by Gasteiger charge is 1.98. The van der Waals surface area contributed by atoms with E-state index in [1.165, 1.54) is 0 Å². The molecule has 3 N–H and O–H groups in total. The number of rotatable bonds is 4. The number of nitrogens with one attached hydrogen (secondary N) is 3. The molecule has 1 rings (SSSR count). The molecule has 0 unspecified atom stereocenters. The molecule has 0 saturated heterocycles. The van der Waals surface area contributed by atoms with E-state index in [1.807, 2.05) is 37.4 Å². The average molecular weight is 193 g/mol. The number of para-hydroxylation sites is 1. The van der Waals surface area contributed by atoms with Gasteiger partial charge in [-0.2, -0.15) is 0 Å². The first-order valence-electron chi connectivity index (χ1n) is 4.57. The van der Waals surface area contributed by atoms with Gasteiger partial charge in [-0.15, -0.1) is 0 Å². The minimum atomic E-state index is -0.175. The summed E-state index contributed by atoms with van der Waals surface area (Å²) in [5.41, 5.74) is 0.800. The summed E-state index contributed by atoms with van der Waals surface area (Å²) in [7, 11) is 1.84. The molecule has 76 valence electrons. The molecule has 0 aliphatic heterocycles. The molecule has 0 radical (unpaired) electrons. The minimum absolute atomic E-state index is 0.175. The second kappa shape index (κ2) is 5.99.